The maximum Gasteiger partial charge on any atom is 0.229 e. The molecule has 1 atom stereocenters. The molecule has 2 fully saturated rings. The van der Waals surface area contributed by atoms with Crippen molar-refractivity contribution in [3.05, 3.63) is 65.5 Å². The highest BCUT2D eigenvalue weighted by atomic mass is 32.2. The van der Waals surface area contributed by atoms with Crippen LogP contribution in [0.1, 0.15) is 42.9 Å². The standard InChI is InChI=1S/C21H25FN2O3S/c1-28(26,27)23-18-7-2-4-15(12-18)14-20-8-10-21(24-20,11-9-20)19(25)16-5-3-6-17(22)13-16/h2-7,12-13,19,23-25H,8-11,14H2,1H3/t19-,20?,21?/m0/s1. The van der Waals surface area contributed by atoms with Gasteiger partial charge in [0.1, 0.15) is 5.82 Å². The molecule has 7 heteroatoms. The summed E-state index contributed by atoms with van der Waals surface area (Å²) in [6.07, 6.45) is 4.62. The van der Waals surface area contributed by atoms with Crippen molar-refractivity contribution in [2.45, 2.75) is 49.3 Å². The van der Waals surface area contributed by atoms with E-state index in [1.165, 1.54) is 12.1 Å². The lowest BCUT2D eigenvalue weighted by Gasteiger charge is -2.32. The van der Waals surface area contributed by atoms with Crippen LogP contribution in [0, 0.1) is 5.82 Å². The van der Waals surface area contributed by atoms with Gasteiger partial charge in [-0.2, -0.15) is 0 Å². The molecule has 2 heterocycles. The van der Waals surface area contributed by atoms with E-state index >= 15 is 0 Å². The summed E-state index contributed by atoms with van der Waals surface area (Å²) in [5, 5.41) is 14.6. The molecule has 0 unspecified atom stereocenters. The first-order valence-corrected chi connectivity index (χ1v) is 11.4. The van der Waals surface area contributed by atoms with E-state index in [0.29, 0.717) is 11.3 Å². The number of sulfonamides is 1. The third-order valence-electron chi connectivity index (χ3n) is 6.07. The van der Waals surface area contributed by atoms with Gasteiger partial charge in [-0.25, -0.2) is 12.8 Å². The van der Waals surface area contributed by atoms with Gasteiger partial charge in [0.05, 0.1) is 12.4 Å². The monoisotopic (exact) mass is 404 g/mol. The van der Waals surface area contributed by atoms with Gasteiger partial charge in [-0.15, -0.1) is 0 Å². The van der Waals surface area contributed by atoms with E-state index in [-0.39, 0.29) is 11.4 Å². The van der Waals surface area contributed by atoms with Crippen LogP contribution in [0.4, 0.5) is 10.1 Å². The summed E-state index contributed by atoms with van der Waals surface area (Å²) in [5.41, 5.74) is 1.64. The molecule has 2 bridgehead atoms. The first-order valence-electron chi connectivity index (χ1n) is 9.48. The Morgan fingerprint density at radius 2 is 1.86 bits per heavy atom. The summed E-state index contributed by atoms with van der Waals surface area (Å²) in [6.45, 7) is 0. The smallest absolute Gasteiger partial charge is 0.229 e. The number of anilines is 1. The molecular weight excluding hydrogens is 379 g/mol. The average Bonchev–Trinajstić information content (AvgIpc) is 3.17. The second-order valence-corrected chi connectivity index (χ2v) is 10.0. The quantitative estimate of drug-likeness (QED) is 0.691. The second kappa shape index (κ2) is 6.83. The molecule has 0 aromatic heterocycles. The van der Waals surface area contributed by atoms with E-state index in [1.807, 2.05) is 18.2 Å². The van der Waals surface area contributed by atoms with E-state index in [1.54, 1.807) is 18.2 Å². The van der Waals surface area contributed by atoms with Gasteiger partial charge in [0.2, 0.25) is 10.0 Å². The molecule has 0 aliphatic carbocycles. The third kappa shape index (κ3) is 3.79. The highest BCUT2D eigenvalue weighted by molar-refractivity contribution is 7.92. The predicted octanol–water partition coefficient (Wildman–Crippen LogP) is 3.13. The first-order chi connectivity index (χ1) is 13.2. The van der Waals surface area contributed by atoms with Crippen LogP contribution in [0.3, 0.4) is 0 Å². The van der Waals surface area contributed by atoms with Crippen LogP contribution in [0.15, 0.2) is 48.5 Å². The molecule has 0 radical (unpaired) electrons. The lowest BCUT2D eigenvalue weighted by atomic mass is 9.76. The van der Waals surface area contributed by atoms with Gasteiger partial charge < -0.3 is 10.4 Å². The highest BCUT2D eigenvalue weighted by Gasteiger charge is 2.56. The molecule has 0 spiro atoms. The molecule has 2 aliphatic rings. The van der Waals surface area contributed by atoms with Crippen LogP contribution in [-0.4, -0.2) is 30.9 Å². The third-order valence-corrected chi connectivity index (χ3v) is 6.68. The number of aliphatic hydroxyl groups excluding tert-OH is 1. The van der Waals surface area contributed by atoms with E-state index in [4.69, 9.17) is 0 Å². The molecule has 150 valence electrons. The minimum Gasteiger partial charge on any atom is -0.386 e. The van der Waals surface area contributed by atoms with E-state index in [9.17, 15) is 17.9 Å². The van der Waals surface area contributed by atoms with Gasteiger partial charge in [-0.1, -0.05) is 24.3 Å². The van der Waals surface area contributed by atoms with Crippen LogP contribution >= 0.6 is 0 Å². The van der Waals surface area contributed by atoms with Gasteiger partial charge in [0.25, 0.3) is 0 Å². The number of hydrogen-bond acceptors (Lipinski definition) is 4. The van der Waals surface area contributed by atoms with Crippen LogP contribution in [0.2, 0.25) is 0 Å². The van der Waals surface area contributed by atoms with Crippen molar-refractivity contribution in [3.63, 3.8) is 0 Å². The lowest BCUT2D eigenvalue weighted by molar-refractivity contribution is 0.0734. The van der Waals surface area contributed by atoms with Crippen molar-refractivity contribution in [1.82, 2.24) is 5.32 Å². The van der Waals surface area contributed by atoms with Gasteiger partial charge >= 0.3 is 0 Å². The SMILES string of the molecule is CS(=O)(=O)Nc1cccc(CC23CCC([C@@H](O)c4cccc(F)c4)(CC2)N3)c1. The Labute approximate surface area is 165 Å². The van der Waals surface area contributed by atoms with Crippen molar-refractivity contribution in [2.75, 3.05) is 11.0 Å². The molecule has 4 rings (SSSR count). The van der Waals surface area contributed by atoms with Gasteiger partial charge in [-0.3, -0.25) is 4.72 Å². The highest BCUT2D eigenvalue weighted by Crippen LogP contribution is 2.51. The Morgan fingerprint density at radius 1 is 1.14 bits per heavy atom. The van der Waals surface area contributed by atoms with Crippen LogP contribution in [0.25, 0.3) is 0 Å². The number of benzene rings is 2. The van der Waals surface area contributed by atoms with E-state index < -0.39 is 21.7 Å². The molecule has 2 aromatic rings. The normalized spacial score (nSPS) is 27.7. The zero-order chi connectivity index (χ0) is 20.0. The minimum atomic E-state index is -3.32. The maximum absolute atomic E-state index is 13.6. The second-order valence-electron chi connectivity index (χ2n) is 8.27. The maximum atomic E-state index is 13.6. The summed E-state index contributed by atoms with van der Waals surface area (Å²) >= 11 is 0. The molecule has 2 saturated heterocycles. The average molecular weight is 405 g/mol. The van der Waals surface area contributed by atoms with Crippen molar-refractivity contribution in [2.24, 2.45) is 0 Å². The van der Waals surface area contributed by atoms with Crippen LogP contribution < -0.4 is 10.0 Å². The number of rotatable bonds is 6. The zero-order valence-electron chi connectivity index (χ0n) is 15.8. The summed E-state index contributed by atoms with van der Waals surface area (Å²) in [5.74, 6) is -0.342. The molecule has 2 aliphatic heterocycles. The number of fused-ring (bicyclic) bond motifs is 2. The van der Waals surface area contributed by atoms with Gasteiger partial charge in [0, 0.05) is 16.8 Å². The summed E-state index contributed by atoms with van der Waals surface area (Å²) < 4.78 is 39.1. The summed E-state index contributed by atoms with van der Waals surface area (Å²) in [7, 11) is -3.32. The Bertz CT molecular complexity index is 985. The van der Waals surface area contributed by atoms with Crippen molar-refractivity contribution >= 4 is 15.7 Å². The summed E-state index contributed by atoms with van der Waals surface area (Å²) in [6, 6.07) is 13.6. The molecule has 0 saturated carbocycles. The molecule has 5 nitrogen and oxygen atoms in total. The lowest BCUT2D eigenvalue weighted by Crippen LogP contribution is -2.47. The van der Waals surface area contributed by atoms with Crippen molar-refractivity contribution < 1.29 is 17.9 Å². The Kier molecular flexibility index (Phi) is 4.72. The van der Waals surface area contributed by atoms with Gasteiger partial charge in [-0.05, 0) is 67.5 Å². The number of hydrogen-bond donors (Lipinski definition) is 3. The van der Waals surface area contributed by atoms with E-state index in [0.717, 1.165) is 43.9 Å². The fourth-order valence-corrected chi connectivity index (χ4v) is 5.42. The molecule has 2 aromatic carbocycles. The minimum absolute atomic E-state index is 0.127. The zero-order valence-corrected chi connectivity index (χ0v) is 16.6. The van der Waals surface area contributed by atoms with E-state index in [2.05, 4.69) is 10.0 Å². The Morgan fingerprint density at radius 3 is 2.54 bits per heavy atom. The van der Waals surface area contributed by atoms with Crippen molar-refractivity contribution in [1.29, 1.82) is 0 Å². The molecule has 3 N–H and O–H groups in total. The largest absolute Gasteiger partial charge is 0.386 e. The topological polar surface area (TPSA) is 78.4 Å². The van der Waals surface area contributed by atoms with Crippen molar-refractivity contribution in [3.8, 4) is 0 Å². The fourth-order valence-electron chi connectivity index (χ4n) is 4.86. The fraction of sp³-hybridized carbons (Fsp3) is 0.429. The first kappa shape index (κ1) is 19.4. The van der Waals surface area contributed by atoms with Gasteiger partial charge in [0.15, 0.2) is 0 Å². The number of aliphatic hydroxyl groups is 1. The van der Waals surface area contributed by atoms with Crippen LogP contribution in [-0.2, 0) is 16.4 Å². The predicted molar refractivity (Wildman–Crippen MR) is 107 cm³/mol. The molecule has 28 heavy (non-hydrogen) atoms. The summed E-state index contributed by atoms with van der Waals surface area (Å²) in [4.78, 5) is 0. The molecule has 0 amide bonds. The Balaban J connectivity index is 1.52. The van der Waals surface area contributed by atoms with Crippen LogP contribution in [0.5, 0.6) is 0 Å². The Hall–Kier alpha value is -1.96. The number of nitrogens with one attached hydrogen (secondary N) is 2. The molecular formula is C21H25FN2O3S. The number of halogens is 1.